The highest BCUT2D eigenvalue weighted by atomic mass is 16.2. The maximum atomic E-state index is 12.4. The van der Waals surface area contributed by atoms with Gasteiger partial charge >= 0.3 is 0 Å². The number of nitrogen functional groups attached to an aromatic ring is 1. The molecule has 23 heavy (non-hydrogen) atoms. The minimum Gasteiger partial charge on any atom is -0.399 e. The van der Waals surface area contributed by atoms with E-state index in [2.05, 4.69) is 17.0 Å². The lowest BCUT2D eigenvalue weighted by atomic mass is 10.1. The van der Waals surface area contributed by atoms with Crippen molar-refractivity contribution in [3.63, 3.8) is 0 Å². The van der Waals surface area contributed by atoms with Crippen molar-refractivity contribution < 1.29 is 9.36 Å². The first kappa shape index (κ1) is 15.4. The summed E-state index contributed by atoms with van der Waals surface area (Å²) in [5.74, 6) is 0.175. The van der Waals surface area contributed by atoms with Crippen LogP contribution in [0.3, 0.4) is 0 Å². The van der Waals surface area contributed by atoms with Crippen molar-refractivity contribution in [2.45, 2.75) is 13.5 Å². The van der Waals surface area contributed by atoms with Gasteiger partial charge in [-0.15, -0.1) is 0 Å². The van der Waals surface area contributed by atoms with Crippen LogP contribution in [0.2, 0.25) is 0 Å². The van der Waals surface area contributed by atoms with E-state index in [0.717, 1.165) is 37.4 Å². The highest BCUT2D eigenvalue weighted by molar-refractivity contribution is 5.76. The molecule has 1 aromatic heterocycles. The Kier molecular flexibility index (Phi) is 4.23. The Morgan fingerprint density at radius 3 is 2.61 bits per heavy atom. The maximum Gasteiger partial charge on any atom is 0.264 e. The van der Waals surface area contributed by atoms with Crippen molar-refractivity contribution in [3.8, 4) is 0 Å². The predicted molar refractivity (Wildman–Crippen MR) is 90.0 cm³/mol. The molecular weight excluding hydrogens is 290 g/mol. The van der Waals surface area contributed by atoms with Crippen LogP contribution in [0.25, 0.3) is 0 Å². The van der Waals surface area contributed by atoms with E-state index in [-0.39, 0.29) is 5.91 Å². The molecule has 1 aliphatic heterocycles. The lowest BCUT2D eigenvalue weighted by molar-refractivity contribution is -0.671. The second-order valence-electron chi connectivity index (χ2n) is 6.16. The molecule has 1 saturated heterocycles. The average molecular weight is 314 g/mol. The third kappa shape index (κ3) is 3.47. The second kappa shape index (κ2) is 6.32. The van der Waals surface area contributed by atoms with Gasteiger partial charge in [0.2, 0.25) is 6.33 Å². The van der Waals surface area contributed by atoms with Gasteiger partial charge in [0, 0.05) is 37.6 Å². The molecule has 122 valence electrons. The van der Waals surface area contributed by atoms with Crippen LogP contribution >= 0.6 is 0 Å². The number of anilines is 2. The number of aryl methyl sites for hydroxylation is 2. The van der Waals surface area contributed by atoms with Gasteiger partial charge in [-0.2, -0.15) is 0 Å². The lowest BCUT2D eigenvalue weighted by Crippen LogP contribution is -2.49. The van der Waals surface area contributed by atoms with E-state index in [9.17, 15) is 4.79 Å². The van der Waals surface area contributed by atoms with E-state index in [1.54, 1.807) is 0 Å². The average Bonchev–Trinajstić information content (AvgIpc) is 2.95. The van der Waals surface area contributed by atoms with Crippen molar-refractivity contribution in [1.29, 1.82) is 0 Å². The van der Waals surface area contributed by atoms with Gasteiger partial charge in [-0.1, -0.05) is 0 Å². The molecule has 0 bridgehead atoms. The van der Waals surface area contributed by atoms with E-state index in [4.69, 9.17) is 5.73 Å². The van der Waals surface area contributed by atoms with Crippen molar-refractivity contribution in [1.82, 2.24) is 9.47 Å². The molecule has 6 nitrogen and oxygen atoms in total. The summed E-state index contributed by atoms with van der Waals surface area (Å²) in [4.78, 5) is 16.6. The Balaban J connectivity index is 1.57. The zero-order chi connectivity index (χ0) is 16.4. The van der Waals surface area contributed by atoms with Gasteiger partial charge in [-0.25, -0.2) is 9.13 Å². The van der Waals surface area contributed by atoms with Crippen LogP contribution in [0.5, 0.6) is 0 Å². The Bertz CT molecular complexity index is 701. The number of nitrogens with zero attached hydrogens (tertiary/aromatic N) is 4. The van der Waals surface area contributed by atoms with Crippen LogP contribution in [0, 0.1) is 6.92 Å². The van der Waals surface area contributed by atoms with E-state index in [1.807, 2.05) is 52.8 Å². The number of hydrogen-bond donors (Lipinski definition) is 1. The number of carbonyl (C=O) groups is 1. The van der Waals surface area contributed by atoms with Gasteiger partial charge in [0.1, 0.15) is 12.4 Å². The summed E-state index contributed by atoms with van der Waals surface area (Å²) in [6, 6.07) is 6.13. The van der Waals surface area contributed by atoms with Gasteiger partial charge in [-0.3, -0.25) is 4.79 Å². The zero-order valence-electron chi connectivity index (χ0n) is 13.8. The Labute approximate surface area is 136 Å². The van der Waals surface area contributed by atoms with Crippen LogP contribution in [-0.4, -0.2) is 41.6 Å². The molecule has 1 aliphatic rings. The van der Waals surface area contributed by atoms with Gasteiger partial charge in [-0.05, 0) is 30.7 Å². The largest absolute Gasteiger partial charge is 0.399 e. The SMILES string of the molecule is Cc1cc(N2CCN(C(=O)Cn3cc[n+](C)c3)CC2)ccc1N. The van der Waals surface area contributed by atoms with E-state index >= 15 is 0 Å². The molecule has 0 aliphatic carbocycles. The summed E-state index contributed by atoms with van der Waals surface area (Å²) >= 11 is 0. The smallest absolute Gasteiger partial charge is 0.264 e. The van der Waals surface area contributed by atoms with Crippen molar-refractivity contribution in [2.24, 2.45) is 7.05 Å². The van der Waals surface area contributed by atoms with E-state index < -0.39 is 0 Å². The maximum absolute atomic E-state index is 12.4. The van der Waals surface area contributed by atoms with Crippen LogP contribution in [0.15, 0.2) is 36.9 Å². The molecule has 1 fully saturated rings. The highest BCUT2D eigenvalue weighted by Gasteiger charge is 2.22. The van der Waals surface area contributed by atoms with Gasteiger partial charge < -0.3 is 15.5 Å². The van der Waals surface area contributed by atoms with Gasteiger partial charge in [0.25, 0.3) is 5.91 Å². The number of carbonyl (C=O) groups excluding carboxylic acids is 1. The summed E-state index contributed by atoms with van der Waals surface area (Å²) in [5.41, 5.74) is 8.98. The molecule has 1 aromatic carbocycles. The summed E-state index contributed by atoms with van der Waals surface area (Å²) in [6.45, 7) is 5.66. The molecule has 3 rings (SSSR count). The summed E-state index contributed by atoms with van der Waals surface area (Å²) in [6.07, 6.45) is 5.78. The minimum absolute atomic E-state index is 0.175. The molecular formula is C17H24N5O+. The molecule has 2 aromatic rings. The van der Waals surface area contributed by atoms with Gasteiger partial charge in [0.15, 0.2) is 6.54 Å². The van der Waals surface area contributed by atoms with Crippen LogP contribution in [0.1, 0.15) is 5.56 Å². The topological polar surface area (TPSA) is 58.4 Å². The minimum atomic E-state index is 0.175. The quantitative estimate of drug-likeness (QED) is 0.665. The lowest BCUT2D eigenvalue weighted by Gasteiger charge is -2.36. The highest BCUT2D eigenvalue weighted by Crippen LogP contribution is 2.21. The van der Waals surface area contributed by atoms with Crippen LogP contribution in [0.4, 0.5) is 11.4 Å². The first-order chi connectivity index (χ1) is 11.0. The first-order valence-electron chi connectivity index (χ1n) is 7.93. The summed E-state index contributed by atoms with van der Waals surface area (Å²) in [7, 11) is 1.95. The number of nitrogens with two attached hydrogens (primary N) is 1. The number of piperazine rings is 1. The third-order valence-corrected chi connectivity index (χ3v) is 4.39. The Morgan fingerprint density at radius 2 is 2.00 bits per heavy atom. The second-order valence-corrected chi connectivity index (χ2v) is 6.16. The predicted octanol–water partition coefficient (Wildman–Crippen LogP) is 0.552. The molecule has 0 unspecified atom stereocenters. The molecule has 2 N–H and O–H groups in total. The Morgan fingerprint density at radius 1 is 1.26 bits per heavy atom. The number of amides is 1. The van der Waals surface area contributed by atoms with E-state index in [1.165, 1.54) is 5.69 Å². The number of benzene rings is 1. The molecule has 1 amide bonds. The molecule has 0 atom stereocenters. The fraction of sp³-hybridized carbons (Fsp3) is 0.412. The number of aromatic nitrogens is 2. The number of imidazole rings is 1. The molecule has 6 heteroatoms. The zero-order valence-corrected chi connectivity index (χ0v) is 13.8. The normalized spacial score (nSPS) is 15.0. The van der Waals surface area contributed by atoms with Crippen molar-refractivity contribution >= 4 is 17.3 Å². The van der Waals surface area contributed by atoms with Crippen LogP contribution in [-0.2, 0) is 18.4 Å². The molecule has 0 saturated carbocycles. The molecule has 0 radical (unpaired) electrons. The Hall–Kier alpha value is -2.50. The molecule has 0 spiro atoms. The monoisotopic (exact) mass is 314 g/mol. The fourth-order valence-corrected chi connectivity index (χ4v) is 2.92. The number of rotatable bonds is 3. The number of hydrogen-bond acceptors (Lipinski definition) is 3. The van der Waals surface area contributed by atoms with Crippen LogP contribution < -0.4 is 15.2 Å². The standard InChI is InChI=1S/C17H24N5O/c1-14-11-15(3-4-16(14)18)21-7-9-22(10-8-21)17(23)12-20-6-5-19(2)13-20/h3-6,11,13H,7-10,12,18H2,1-2H3/q+1. The summed E-state index contributed by atoms with van der Waals surface area (Å²) in [5, 5.41) is 0. The van der Waals surface area contributed by atoms with Crippen molar-refractivity contribution in [2.75, 3.05) is 36.8 Å². The molecule has 2 heterocycles. The van der Waals surface area contributed by atoms with E-state index in [0.29, 0.717) is 6.54 Å². The fourth-order valence-electron chi connectivity index (χ4n) is 2.92. The van der Waals surface area contributed by atoms with Gasteiger partial charge in [0.05, 0.1) is 7.05 Å². The summed E-state index contributed by atoms with van der Waals surface area (Å²) < 4.78 is 3.85. The third-order valence-electron chi connectivity index (χ3n) is 4.39. The van der Waals surface area contributed by atoms with Crippen molar-refractivity contribution in [3.05, 3.63) is 42.5 Å². The first-order valence-corrected chi connectivity index (χ1v) is 7.93.